The predicted molar refractivity (Wildman–Crippen MR) is 335 cm³/mol. The van der Waals surface area contributed by atoms with Gasteiger partial charge in [0.2, 0.25) is 5.91 Å². The van der Waals surface area contributed by atoms with Crippen LogP contribution >= 0.6 is 8.53 Å². The van der Waals surface area contributed by atoms with Crippen LogP contribution in [0.25, 0.3) is 0 Å². The van der Waals surface area contributed by atoms with Crippen LogP contribution in [0, 0.1) is 11.3 Å². The fourth-order valence-electron chi connectivity index (χ4n) is 11.0. The number of esters is 3. The van der Waals surface area contributed by atoms with E-state index < -0.39 is 61.7 Å². The molecule has 0 bridgehead atoms. The van der Waals surface area contributed by atoms with Gasteiger partial charge in [0.15, 0.2) is 0 Å². The molecule has 3 heterocycles. The van der Waals surface area contributed by atoms with E-state index in [1.54, 1.807) is 14.2 Å². The molecule has 4 aromatic rings. The van der Waals surface area contributed by atoms with Crippen molar-refractivity contribution in [1.82, 2.24) is 38.7 Å². The number of methoxy groups -OCH3 is 5. The number of nitriles is 1. The molecule has 2 saturated heterocycles. The summed E-state index contributed by atoms with van der Waals surface area (Å²) in [4.78, 5) is 86.5. The topological polar surface area (TPSA) is 247 Å². The Morgan fingerprint density at radius 3 is 1.62 bits per heavy atom. The summed E-state index contributed by atoms with van der Waals surface area (Å²) in [6.07, 6.45) is 2.02. The van der Waals surface area contributed by atoms with E-state index >= 15 is 0 Å². The summed E-state index contributed by atoms with van der Waals surface area (Å²) in [7, 11) is 5.45. The van der Waals surface area contributed by atoms with Gasteiger partial charge in [0.1, 0.15) is 29.4 Å². The van der Waals surface area contributed by atoms with Crippen molar-refractivity contribution in [2.24, 2.45) is 0 Å². The van der Waals surface area contributed by atoms with E-state index in [-0.39, 0.29) is 76.8 Å². The molecule has 25 heteroatoms. The molecule has 0 radical (unpaired) electrons. The molecule has 0 spiro atoms. The lowest BCUT2D eigenvalue weighted by Crippen LogP contribution is -2.50. The van der Waals surface area contributed by atoms with E-state index in [1.165, 1.54) is 42.7 Å². The molecule has 0 saturated carbocycles. The predicted octanol–water partition coefficient (Wildman–Crippen LogP) is 5.40. The molecule has 1 N–H and O–H groups in total. The zero-order valence-corrected chi connectivity index (χ0v) is 54.1. The van der Waals surface area contributed by atoms with Crippen LogP contribution in [0.4, 0.5) is 0 Å². The van der Waals surface area contributed by atoms with Crippen LogP contribution in [0.3, 0.4) is 0 Å². The van der Waals surface area contributed by atoms with Gasteiger partial charge >= 0.3 is 23.6 Å². The standard InChI is InChI=1S/C64H92N9O15P/c1-48(2)73(49(3)4)89(86-41-17-29-65)88-55-42-59(87-56(55)47-85-64(50-18-13-12-14-19-50,51-20-24-53(80-5)25-21-51)52-22-26-54(81-6)27-23-52)72-32-28-58(75)71(63(72)79)31-16-11-10-15-30-66-57(74)43-67-33-35-68(44-60(76)82-7)37-39-70(46-62(78)84-9)40-38-69(36-34-67)45-61(77)83-8/h12-14,18-28,32,48-49,55-56,59H,10-11,15-17,30-31,33-47H2,1-9H3,(H,66,74). The normalized spacial score (nSPS) is 18.0. The zero-order chi connectivity index (χ0) is 64.3. The molecular weight excluding hydrogens is 1170 g/mol. The average molecular weight is 1260 g/mol. The summed E-state index contributed by atoms with van der Waals surface area (Å²) in [6.45, 7) is 12.6. The van der Waals surface area contributed by atoms with E-state index in [1.807, 2.05) is 98.5 Å². The van der Waals surface area contributed by atoms with E-state index in [0.29, 0.717) is 96.1 Å². The molecule has 89 heavy (non-hydrogen) atoms. The third-order valence-electron chi connectivity index (χ3n) is 15.8. The van der Waals surface area contributed by atoms with Gasteiger partial charge < -0.3 is 47.5 Å². The van der Waals surface area contributed by atoms with Gasteiger partial charge in [-0.3, -0.25) is 52.7 Å². The van der Waals surface area contributed by atoms with Crippen LogP contribution in [-0.4, -0.2) is 215 Å². The molecule has 2 fully saturated rings. The molecule has 0 aliphatic carbocycles. The molecule has 1 aromatic heterocycles. The van der Waals surface area contributed by atoms with Crippen LogP contribution in [-0.2, 0) is 64.1 Å². The van der Waals surface area contributed by atoms with Crippen molar-refractivity contribution in [3.8, 4) is 17.6 Å². The van der Waals surface area contributed by atoms with Crippen LogP contribution in [0.2, 0.25) is 0 Å². The number of nitrogens with zero attached hydrogens (tertiary/aromatic N) is 8. The van der Waals surface area contributed by atoms with Gasteiger partial charge in [-0.2, -0.15) is 5.26 Å². The second-order valence-corrected chi connectivity index (χ2v) is 23.9. The third kappa shape index (κ3) is 21.2. The number of benzene rings is 3. The Hall–Kier alpha value is -6.62. The first-order chi connectivity index (χ1) is 43.0. The lowest BCUT2D eigenvalue weighted by atomic mass is 9.80. The fraction of sp³-hybridized carbons (Fsp3) is 0.578. The van der Waals surface area contributed by atoms with Gasteiger partial charge in [-0.05, 0) is 81.5 Å². The first-order valence-corrected chi connectivity index (χ1v) is 31.7. The number of amides is 1. The van der Waals surface area contributed by atoms with E-state index in [2.05, 4.69) is 43.8 Å². The number of aromatic nitrogens is 2. The Bertz CT molecular complexity index is 2890. The third-order valence-corrected chi connectivity index (χ3v) is 17.9. The first kappa shape index (κ1) is 71.5. The molecule has 4 unspecified atom stereocenters. The average Bonchev–Trinajstić information content (AvgIpc) is 1.33. The van der Waals surface area contributed by atoms with Crippen molar-refractivity contribution < 1.29 is 61.4 Å². The fourth-order valence-corrected chi connectivity index (χ4v) is 12.7. The van der Waals surface area contributed by atoms with Crippen molar-refractivity contribution in [3.05, 3.63) is 129 Å². The number of hydrogen-bond donors (Lipinski definition) is 1. The Balaban J connectivity index is 1.15. The maximum Gasteiger partial charge on any atom is 0.333 e. The number of rotatable bonds is 32. The Kier molecular flexibility index (Phi) is 29.6. The summed E-state index contributed by atoms with van der Waals surface area (Å²) in [5.74, 6) is -0.0488. The highest BCUT2D eigenvalue weighted by Crippen LogP contribution is 2.51. The van der Waals surface area contributed by atoms with Crippen molar-refractivity contribution in [3.63, 3.8) is 0 Å². The molecule has 6 rings (SSSR count). The summed E-state index contributed by atoms with van der Waals surface area (Å²) in [5, 5.41) is 12.6. The van der Waals surface area contributed by atoms with Crippen LogP contribution in [0.1, 0.15) is 89.1 Å². The zero-order valence-electron chi connectivity index (χ0n) is 53.3. The van der Waals surface area contributed by atoms with Crippen molar-refractivity contribution >= 4 is 32.3 Å². The quantitative estimate of drug-likeness (QED) is 0.0211. The highest BCUT2D eigenvalue weighted by atomic mass is 31.2. The highest BCUT2D eigenvalue weighted by molar-refractivity contribution is 7.44. The Morgan fingerprint density at radius 2 is 1.15 bits per heavy atom. The van der Waals surface area contributed by atoms with Crippen LogP contribution in [0.5, 0.6) is 11.5 Å². The van der Waals surface area contributed by atoms with Crippen LogP contribution in [0.15, 0.2) is 101 Å². The van der Waals surface area contributed by atoms with Gasteiger partial charge in [-0.25, -0.2) is 9.46 Å². The smallest absolute Gasteiger partial charge is 0.333 e. The number of unbranched alkanes of at least 4 members (excludes halogenated alkanes) is 3. The number of carbonyl (C=O) groups is 4. The van der Waals surface area contributed by atoms with Crippen molar-refractivity contribution in [2.75, 3.05) is 134 Å². The second kappa shape index (κ2) is 36.9. The minimum absolute atomic E-state index is 0.00117. The maximum absolute atomic E-state index is 14.6. The summed E-state index contributed by atoms with van der Waals surface area (Å²) in [6, 6.07) is 28.9. The van der Waals surface area contributed by atoms with Gasteiger partial charge in [0, 0.05) is 96.2 Å². The SMILES string of the molecule is COC(=O)CN1CCN(CC(=O)NCCCCCCn2c(=O)ccn(C3CC(OP(OCCC#N)N(C(C)C)C(C)C)C(COC(c4ccccc4)(c4ccc(OC)cc4)c4ccc(OC)cc4)O3)c2=O)CCN(CC(=O)OC)CCN(CC(=O)OC)CC1. The largest absolute Gasteiger partial charge is 0.497 e. The second-order valence-electron chi connectivity index (χ2n) is 22.5. The van der Waals surface area contributed by atoms with Gasteiger partial charge in [0.25, 0.3) is 14.1 Å². The molecule has 488 valence electrons. The summed E-state index contributed by atoms with van der Waals surface area (Å²) < 4.78 is 58.6. The van der Waals surface area contributed by atoms with Crippen molar-refractivity contribution in [2.45, 2.75) is 109 Å². The van der Waals surface area contributed by atoms with E-state index in [0.717, 1.165) is 16.7 Å². The van der Waals surface area contributed by atoms with E-state index in [9.17, 15) is 34.0 Å². The van der Waals surface area contributed by atoms with E-state index in [4.69, 9.17) is 42.2 Å². The lowest BCUT2D eigenvalue weighted by molar-refractivity contribution is -0.144. The first-order valence-electron chi connectivity index (χ1n) is 30.5. The molecule has 24 nitrogen and oxygen atoms in total. The lowest BCUT2D eigenvalue weighted by Gasteiger charge is -2.39. The Labute approximate surface area is 524 Å². The molecule has 1 amide bonds. The van der Waals surface area contributed by atoms with Crippen LogP contribution < -0.4 is 26.0 Å². The molecular formula is C64H92N9O15P. The summed E-state index contributed by atoms with van der Waals surface area (Å²) in [5.41, 5.74) is 0.274. The van der Waals surface area contributed by atoms with Gasteiger partial charge in [-0.15, -0.1) is 0 Å². The molecule has 3 aromatic carbocycles. The number of ether oxygens (including phenoxy) is 7. The Morgan fingerprint density at radius 1 is 0.663 bits per heavy atom. The highest BCUT2D eigenvalue weighted by Gasteiger charge is 2.45. The number of hydrogen-bond acceptors (Lipinski definition) is 21. The minimum Gasteiger partial charge on any atom is -0.497 e. The van der Waals surface area contributed by atoms with Gasteiger partial charge in [0.05, 0.1) is 93.5 Å². The minimum atomic E-state index is -1.77. The molecule has 2 aliphatic heterocycles. The van der Waals surface area contributed by atoms with Crippen molar-refractivity contribution in [1.29, 1.82) is 5.26 Å². The number of carbonyl (C=O) groups excluding carboxylic acids is 4. The number of nitrogens with one attached hydrogen (secondary N) is 1. The molecule has 4 atom stereocenters. The van der Waals surface area contributed by atoms with Gasteiger partial charge in [-0.1, -0.05) is 67.4 Å². The monoisotopic (exact) mass is 1260 g/mol. The maximum atomic E-state index is 14.6. The summed E-state index contributed by atoms with van der Waals surface area (Å²) >= 11 is 0. The molecule has 2 aliphatic rings.